The van der Waals surface area contributed by atoms with Crippen LogP contribution in [-0.4, -0.2) is 42.9 Å². The number of carbonyl (C=O) groups is 2. The fourth-order valence-corrected chi connectivity index (χ4v) is 5.92. The molecule has 0 fully saturated rings. The van der Waals surface area contributed by atoms with Crippen molar-refractivity contribution in [3.8, 4) is 11.1 Å². The van der Waals surface area contributed by atoms with Gasteiger partial charge in [0.15, 0.2) is 0 Å². The summed E-state index contributed by atoms with van der Waals surface area (Å²) in [6.45, 7) is 7.51. The first-order valence-corrected chi connectivity index (χ1v) is 15.5. The number of fused-ring (bicyclic) bond motifs is 4. The van der Waals surface area contributed by atoms with Crippen molar-refractivity contribution in [1.29, 1.82) is 0 Å². The molecule has 1 aliphatic rings. The summed E-state index contributed by atoms with van der Waals surface area (Å²) >= 11 is 0. The van der Waals surface area contributed by atoms with E-state index in [2.05, 4.69) is 74.6 Å². The van der Waals surface area contributed by atoms with Gasteiger partial charge in [-0.05, 0) is 50.9 Å². The number of rotatable bonds is 12. The highest BCUT2D eigenvalue weighted by Crippen LogP contribution is 2.44. The van der Waals surface area contributed by atoms with Crippen LogP contribution in [0.15, 0.2) is 91.0 Å². The summed E-state index contributed by atoms with van der Waals surface area (Å²) in [7, 11) is 0. The summed E-state index contributed by atoms with van der Waals surface area (Å²) in [6.07, 6.45) is 1.75. The summed E-state index contributed by atoms with van der Waals surface area (Å²) in [5.74, 6) is 0.0860. The van der Waals surface area contributed by atoms with Crippen LogP contribution >= 0.6 is 0 Å². The van der Waals surface area contributed by atoms with E-state index < -0.39 is 12.2 Å². The number of unbranched alkanes of at least 4 members (excludes halogenated alkanes) is 1. The van der Waals surface area contributed by atoms with Gasteiger partial charge in [-0.2, -0.15) is 0 Å². The lowest BCUT2D eigenvalue weighted by Gasteiger charge is -2.31. The van der Waals surface area contributed by atoms with Gasteiger partial charge >= 0.3 is 12.2 Å². The Balaban J connectivity index is 1.39. The van der Waals surface area contributed by atoms with Crippen molar-refractivity contribution in [2.75, 3.05) is 19.8 Å². The maximum absolute atomic E-state index is 14.0. The van der Waals surface area contributed by atoms with Gasteiger partial charge in [0.2, 0.25) is 0 Å². The Bertz CT molecular complexity index is 1500. The number of carbonyl (C=O) groups excluding carboxylic acids is 2. The quantitative estimate of drug-likeness (QED) is 0.171. The van der Waals surface area contributed by atoms with Crippen molar-refractivity contribution in [2.24, 2.45) is 5.92 Å². The third-order valence-corrected chi connectivity index (χ3v) is 8.62. The summed E-state index contributed by atoms with van der Waals surface area (Å²) in [5.41, 5.74) is 5.75. The molecule has 0 heterocycles. The first-order chi connectivity index (χ1) is 21.0. The molecule has 0 saturated carbocycles. The maximum Gasteiger partial charge on any atom is 0.410 e. The molecular formula is C37H42N2O4. The van der Waals surface area contributed by atoms with Crippen molar-refractivity contribution in [3.05, 3.63) is 108 Å². The van der Waals surface area contributed by atoms with Crippen LogP contribution in [0.4, 0.5) is 9.59 Å². The lowest BCUT2D eigenvalue weighted by molar-refractivity contribution is 0.0870. The average molecular weight is 579 g/mol. The van der Waals surface area contributed by atoms with E-state index in [1.165, 1.54) is 22.3 Å². The number of hydrogen-bond acceptors (Lipinski definition) is 4. The number of amides is 2. The van der Waals surface area contributed by atoms with Gasteiger partial charge in [-0.25, -0.2) is 9.59 Å². The van der Waals surface area contributed by atoms with Gasteiger partial charge in [0.05, 0.1) is 12.6 Å². The third-order valence-electron chi connectivity index (χ3n) is 8.62. The predicted octanol–water partition coefficient (Wildman–Crippen LogP) is 8.53. The van der Waals surface area contributed by atoms with Gasteiger partial charge < -0.3 is 19.7 Å². The first-order valence-electron chi connectivity index (χ1n) is 15.5. The maximum atomic E-state index is 14.0. The number of alkyl carbamates (subject to hydrolysis) is 1. The van der Waals surface area contributed by atoms with Crippen LogP contribution in [0.5, 0.6) is 0 Å². The van der Waals surface area contributed by atoms with Crippen LogP contribution in [0.1, 0.15) is 62.6 Å². The zero-order valence-electron chi connectivity index (χ0n) is 25.4. The SMILES string of the molecule is CCCCOC(=O)N[C@H](CN(Cc1cccc2ccccc12)C(=O)OCC1c2ccccc2-c2ccccc21)[C@@H](C)CC. The molecule has 0 saturated heterocycles. The van der Waals surface area contributed by atoms with E-state index in [9.17, 15) is 9.59 Å². The summed E-state index contributed by atoms with van der Waals surface area (Å²) in [4.78, 5) is 28.4. The van der Waals surface area contributed by atoms with Gasteiger partial charge in [0.1, 0.15) is 6.61 Å². The second kappa shape index (κ2) is 14.2. The van der Waals surface area contributed by atoms with Crippen molar-refractivity contribution in [3.63, 3.8) is 0 Å². The number of ether oxygens (including phenoxy) is 2. The van der Waals surface area contributed by atoms with Crippen molar-refractivity contribution >= 4 is 23.0 Å². The lowest BCUT2D eigenvalue weighted by atomic mass is 9.98. The highest BCUT2D eigenvalue weighted by atomic mass is 16.6. The number of nitrogens with zero attached hydrogens (tertiary/aromatic N) is 1. The Kier molecular flexibility index (Phi) is 9.98. The van der Waals surface area contributed by atoms with Gasteiger partial charge in [-0.15, -0.1) is 0 Å². The number of hydrogen-bond donors (Lipinski definition) is 1. The fraction of sp³-hybridized carbons (Fsp3) is 0.351. The molecule has 2 atom stereocenters. The smallest absolute Gasteiger partial charge is 0.410 e. The number of benzene rings is 4. The van der Waals surface area contributed by atoms with Gasteiger partial charge in [0.25, 0.3) is 0 Å². The molecule has 43 heavy (non-hydrogen) atoms. The van der Waals surface area contributed by atoms with E-state index in [1.807, 2.05) is 42.5 Å². The molecule has 0 bridgehead atoms. The molecule has 5 rings (SSSR count). The van der Waals surface area contributed by atoms with E-state index >= 15 is 0 Å². The summed E-state index contributed by atoms with van der Waals surface area (Å²) in [6, 6.07) is 30.7. The van der Waals surface area contributed by atoms with Crippen LogP contribution in [-0.2, 0) is 16.0 Å². The van der Waals surface area contributed by atoms with E-state index in [1.54, 1.807) is 4.90 Å². The molecule has 1 N–H and O–H groups in total. The van der Waals surface area contributed by atoms with E-state index in [-0.39, 0.29) is 24.5 Å². The van der Waals surface area contributed by atoms with Crippen LogP contribution < -0.4 is 5.32 Å². The van der Waals surface area contributed by atoms with Crippen LogP contribution in [0.25, 0.3) is 21.9 Å². The third kappa shape index (κ3) is 7.02. The molecule has 0 aromatic heterocycles. The van der Waals surface area contributed by atoms with Crippen molar-refractivity contribution < 1.29 is 19.1 Å². The molecule has 6 heteroatoms. The Morgan fingerprint density at radius 1 is 0.837 bits per heavy atom. The number of nitrogens with one attached hydrogen (secondary N) is 1. The van der Waals surface area contributed by atoms with E-state index in [0.717, 1.165) is 35.6 Å². The molecule has 4 aromatic rings. The normalized spacial score (nSPS) is 13.6. The van der Waals surface area contributed by atoms with Crippen LogP contribution in [0.3, 0.4) is 0 Å². The monoisotopic (exact) mass is 578 g/mol. The van der Waals surface area contributed by atoms with E-state index in [0.29, 0.717) is 19.7 Å². The Morgan fingerprint density at radius 3 is 2.19 bits per heavy atom. The Hall–Kier alpha value is -4.32. The fourth-order valence-electron chi connectivity index (χ4n) is 5.92. The molecule has 6 nitrogen and oxygen atoms in total. The molecular weight excluding hydrogens is 536 g/mol. The molecule has 0 aliphatic heterocycles. The molecule has 0 spiro atoms. The topological polar surface area (TPSA) is 67.9 Å². The molecule has 224 valence electrons. The highest BCUT2D eigenvalue weighted by molar-refractivity contribution is 5.86. The van der Waals surface area contributed by atoms with Crippen LogP contribution in [0.2, 0.25) is 0 Å². The molecule has 4 aromatic carbocycles. The zero-order chi connectivity index (χ0) is 30.2. The van der Waals surface area contributed by atoms with Crippen molar-refractivity contribution in [1.82, 2.24) is 10.2 Å². The summed E-state index contributed by atoms with van der Waals surface area (Å²) in [5, 5.41) is 5.25. The van der Waals surface area contributed by atoms with Gasteiger partial charge in [-0.3, -0.25) is 0 Å². The minimum absolute atomic E-state index is 0.0345. The standard InChI is InChI=1S/C37H42N2O4/c1-4-6-22-42-36(40)38-35(26(3)5-2)24-39(23-28-16-13-15-27-14-7-8-17-29(27)28)37(41)43-25-34-32-20-11-9-18-30(32)31-19-10-12-21-33(31)34/h7-21,26,34-35H,4-6,22-25H2,1-3H3,(H,38,40)/t26-,35+/m0/s1. The second-order valence-electron chi connectivity index (χ2n) is 11.4. The van der Waals surface area contributed by atoms with Crippen LogP contribution in [0, 0.1) is 5.92 Å². The molecule has 0 unspecified atom stereocenters. The molecule has 0 radical (unpaired) electrons. The molecule has 1 aliphatic carbocycles. The van der Waals surface area contributed by atoms with Crippen molar-refractivity contribution in [2.45, 2.75) is 58.5 Å². The van der Waals surface area contributed by atoms with E-state index in [4.69, 9.17) is 9.47 Å². The van der Waals surface area contributed by atoms with Gasteiger partial charge in [-0.1, -0.05) is 125 Å². The average Bonchev–Trinajstić information content (AvgIpc) is 3.36. The Labute approximate surface area is 255 Å². The minimum atomic E-state index is -0.448. The second-order valence-corrected chi connectivity index (χ2v) is 11.4. The first kappa shape index (κ1) is 30.1. The predicted molar refractivity (Wildman–Crippen MR) is 172 cm³/mol. The summed E-state index contributed by atoms with van der Waals surface area (Å²) < 4.78 is 11.6. The lowest BCUT2D eigenvalue weighted by Crippen LogP contribution is -2.49. The molecule has 2 amide bonds. The highest BCUT2D eigenvalue weighted by Gasteiger charge is 2.31. The Morgan fingerprint density at radius 2 is 1.49 bits per heavy atom. The van der Waals surface area contributed by atoms with Gasteiger partial charge in [0, 0.05) is 19.0 Å². The largest absolute Gasteiger partial charge is 0.450 e. The minimum Gasteiger partial charge on any atom is -0.450 e. The zero-order valence-corrected chi connectivity index (χ0v) is 25.4.